The van der Waals surface area contributed by atoms with Crippen LogP contribution < -0.4 is 10.6 Å². The third kappa shape index (κ3) is 4.37. The maximum absolute atomic E-state index is 12.8. The molecule has 4 amide bonds. The number of aryl methyl sites for hydroxylation is 1. The fourth-order valence-electron chi connectivity index (χ4n) is 3.83. The number of hydrogen-bond acceptors (Lipinski definition) is 5. The number of urea groups is 1. The van der Waals surface area contributed by atoms with Crippen molar-refractivity contribution in [3.63, 3.8) is 0 Å². The highest BCUT2D eigenvalue weighted by molar-refractivity contribution is 6.31. The van der Waals surface area contributed by atoms with E-state index < -0.39 is 42.5 Å². The first kappa shape index (κ1) is 21.1. The van der Waals surface area contributed by atoms with Crippen molar-refractivity contribution in [2.75, 3.05) is 18.5 Å². The Kier molecular flexibility index (Phi) is 6.12. The van der Waals surface area contributed by atoms with E-state index in [1.165, 1.54) is 0 Å². The summed E-state index contributed by atoms with van der Waals surface area (Å²) in [5.41, 5.74) is 0.413. The highest BCUT2D eigenvalue weighted by atomic mass is 35.5. The first-order chi connectivity index (χ1) is 13.7. The highest BCUT2D eigenvalue weighted by Crippen LogP contribution is 2.38. The number of anilines is 1. The van der Waals surface area contributed by atoms with Crippen LogP contribution in [0.25, 0.3) is 0 Å². The smallest absolute Gasteiger partial charge is 0.326 e. The predicted octanol–water partition coefficient (Wildman–Crippen LogP) is 2.63. The second-order valence-corrected chi connectivity index (χ2v) is 8.02. The van der Waals surface area contributed by atoms with Gasteiger partial charge in [0.15, 0.2) is 6.61 Å². The average molecular weight is 422 g/mol. The van der Waals surface area contributed by atoms with Crippen LogP contribution in [0.1, 0.15) is 38.2 Å². The summed E-state index contributed by atoms with van der Waals surface area (Å²) in [4.78, 5) is 50.0. The topological polar surface area (TPSA) is 105 Å². The number of rotatable bonds is 5. The minimum atomic E-state index is -0.933. The molecule has 2 aliphatic rings. The zero-order chi connectivity index (χ0) is 21.2. The summed E-state index contributed by atoms with van der Waals surface area (Å²) in [6.07, 6.45) is 3.26. The zero-order valence-electron chi connectivity index (χ0n) is 16.4. The molecule has 1 heterocycles. The zero-order valence-corrected chi connectivity index (χ0v) is 17.2. The van der Waals surface area contributed by atoms with Crippen molar-refractivity contribution in [2.24, 2.45) is 5.92 Å². The van der Waals surface area contributed by atoms with E-state index in [9.17, 15) is 19.2 Å². The summed E-state index contributed by atoms with van der Waals surface area (Å²) in [5, 5.41) is 5.84. The van der Waals surface area contributed by atoms with Crippen molar-refractivity contribution >= 4 is 41.1 Å². The van der Waals surface area contributed by atoms with Gasteiger partial charge in [-0.2, -0.15) is 0 Å². The van der Waals surface area contributed by atoms with E-state index in [0.717, 1.165) is 29.7 Å². The second-order valence-electron chi connectivity index (χ2n) is 7.61. The van der Waals surface area contributed by atoms with Gasteiger partial charge in [-0.25, -0.2) is 4.79 Å². The molecule has 1 aliphatic heterocycles. The van der Waals surface area contributed by atoms with Gasteiger partial charge in [0.05, 0.1) is 0 Å². The molecule has 0 aromatic heterocycles. The summed E-state index contributed by atoms with van der Waals surface area (Å²) in [6.45, 7) is 2.71. The number of nitrogens with zero attached hydrogens (tertiary/aromatic N) is 1. The van der Waals surface area contributed by atoms with Crippen molar-refractivity contribution in [2.45, 2.75) is 45.1 Å². The number of carbonyl (C=O) groups is 4. The number of amides is 4. The van der Waals surface area contributed by atoms with Gasteiger partial charge in [-0.15, -0.1) is 0 Å². The van der Waals surface area contributed by atoms with E-state index in [1.54, 1.807) is 18.2 Å². The van der Waals surface area contributed by atoms with Crippen molar-refractivity contribution in [1.82, 2.24) is 10.2 Å². The first-order valence-electron chi connectivity index (χ1n) is 9.58. The van der Waals surface area contributed by atoms with Crippen LogP contribution in [0.5, 0.6) is 0 Å². The van der Waals surface area contributed by atoms with E-state index in [4.69, 9.17) is 16.3 Å². The molecule has 0 radical (unpaired) electrons. The second kappa shape index (κ2) is 8.41. The Balaban J connectivity index is 1.52. The van der Waals surface area contributed by atoms with Crippen molar-refractivity contribution < 1.29 is 23.9 Å². The van der Waals surface area contributed by atoms with Gasteiger partial charge >= 0.3 is 12.0 Å². The molecule has 0 bridgehead atoms. The van der Waals surface area contributed by atoms with E-state index in [0.29, 0.717) is 17.1 Å². The SMILES string of the molecule is Cc1ccc(NC(=O)COC(=O)CN2C(=O)N[C@]3(CCCC[C@H]3C)C2=O)cc1Cl. The lowest BCUT2D eigenvalue weighted by Gasteiger charge is -2.36. The average Bonchev–Trinajstić information content (AvgIpc) is 2.90. The summed E-state index contributed by atoms with van der Waals surface area (Å²) < 4.78 is 4.93. The van der Waals surface area contributed by atoms with Crippen LogP contribution in [0.3, 0.4) is 0 Å². The largest absolute Gasteiger partial charge is 0.454 e. The quantitative estimate of drug-likeness (QED) is 0.561. The van der Waals surface area contributed by atoms with Gasteiger partial charge in [0.2, 0.25) is 0 Å². The van der Waals surface area contributed by atoms with Crippen LogP contribution in [-0.4, -0.2) is 47.4 Å². The molecule has 1 aromatic carbocycles. The molecule has 1 aliphatic carbocycles. The fourth-order valence-corrected chi connectivity index (χ4v) is 4.01. The summed E-state index contributed by atoms with van der Waals surface area (Å²) in [6, 6.07) is 4.43. The maximum atomic E-state index is 12.8. The summed E-state index contributed by atoms with van der Waals surface area (Å²) in [7, 11) is 0. The van der Waals surface area contributed by atoms with E-state index in [2.05, 4.69) is 10.6 Å². The minimum Gasteiger partial charge on any atom is -0.454 e. The van der Waals surface area contributed by atoms with Crippen molar-refractivity contribution in [3.8, 4) is 0 Å². The molecule has 29 heavy (non-hydrogen) atoms. The third-order valence-electron chi connectivity index (χ3n) is 5.61. The number of nitrogens with one attached hydrogen (secondary N) is 2. The number of carbonyl (C=O) groups excluding carboxylic acids is 4. The number of esters is 1. The lowest BCUT2D eigenvalue weighted by atomic mass is 9.73. The summed E-state index contributed by atoms with van der Waals surface area (Å²) >= 11 is 6.01. The Morgan fingerprint density at radius 2 is 2.10 bits per heavy atom. The fraction of sp³-hybridized carbons (Fsp3) is 0.500. The van der Waals surface area contributed by atoms with Crippen molar-refractivity contribution in [3.05, 3.63) is 28.8 Å². The van der Waals surface area contributed by atoms with Crippen LogP contribution >= 0.6 is 11.6 Å². The van der Waals surface area contributed by atoms with Crippen LogP contribution in [-0.2, 0) is 19.1 Å². The van der Waals surface area contributed by atoms with Crippen molar-refractivity contribution in [1.29, 1.82) is 0 Å². The molecule has 2 atom stereocenters. The lowest BCUT2D eigenvalue weighted by molar-refractivity contribution is -0.150. The maximum Gasteiger partial charge on any atom is 0.326 e. The number of halogens is 1. The monoisotopic (exact) mass is 421 g/mol. The predicted molar refractivity (Wildman–Crippen MR) is 106 cm³/mol. The number of ether oxygens (including phenoxy) is 1. The summed E-state index contributed by atoms with van der Waals surface area (Å²) in [5.74, 6) is -1.77. The molecule has 2 fully saturated rings. The molecule has 0 unspecified atom stereocenters. The molecule has 1 saturated heterocycles. The number of benzene rings is 1. The Labute approximate surface area is 173 Å². The van der Waals surface area contributed by atoms with Crippen LogP contribution in [0, 0.1) is 12.8 Å². The van der Waals surface area contributed by atoms with Gasteiger partial charge < -0.3 is 15.4 Å². The van der Waals surface area contributed by atoms with E-state index >= 15 is 0 Å². The Morgan fingerprint density at radius 1 is 1.34 bits per heavy atom. The van der Waals surface area contributed by atoms with Gasteiger partial charge in [0.1, 0.15) is 12.1 Å². The Morgan fingerprint density at radius 3 is 2.79 bits per heavy atom. The van der Waals surface area contributed by atoms with Crippen LogP contribution in [0.15, 0.2) is 18.2 Å². The molecule has 3 rings (SSSR count). The highest BCUT2D eigenvalue weighted by Gasteiger charge is 2.55. The number of imide groups is 1. The van der Waals surface area contributed by atoms with E-state index in [-0.39, 0.29) is 5.92 Å². The van der Waals surface area contributed by atoms with E-state index in [1.807, 2.05) is 13.8 Å². The standard InChI is InChI=1S/C20H24ClN3O5/c1-12-6-7-14(9-15(12)21)22-16(25)11-29-17(26)10-24-18(27)20(23-19(24)28)8-4-3-5-13(20)2/h6-7,9,13H,3-5,8,10-11H2,1-2H3,(H,22,25)(H,23,28)/t13-,20+/m1/s1. The first-order valence-corrected chi connectivity index (χ1v) is 9.96. The van der Waals surface area contributed by atoms with Crippen LogP contribution in [0.2, 0.25) is 5.02 Å². The van der Waals surface area contributed by atoms with Gasteiger partial charge in [-0.1, -0.05) is 37.4 Å². The van der Waals surface area contributed by atoms with Gasteiger partial charge in [-0.3, -0.25) is 19.3 Å². The molecule has 1 aromatic rings. The minimum absolute atomic E-state index is 0.000770. The van der Waals surface area contributed by atoms with Gasteiger partial charge in [-0.05, 0) is 43.4 Å². The van der Waals surface area contributed by atoms with Gasteiger partial charge in [0, 0.05) is 10.7 Å². The molecular weight excluding hydrogens is 398 g/mol. The third-order valence-corrected chi connectivity index (χ3v) is 6.02. The molecule has 1 saturated carbocycles. The Hall–Kier alpha value is -2.61. The molecule has 9 heteroatoms. The molecule has 156 valence electrons. The van der Waals surface area contributed by atoms with Gasteiger partial charge in [0.25, 0.3) is 11.8 Å². The molecule has 8 nitrogen and oxygen atoms in total. The Bertz CT molecular complexity index is 859. The molecule has 1 spiro atoms. The molecule has 2 N–H and O–H groups in total. The molecular formula is C20H24ClN3O5. The lowest BCUT2D eigenvalue weighted by Crippen LogP contribution is -2.54. The normalized spacial score (nSPS) is 23.8. The number of hydrogen-bond donors (Lipinski definition) is 2. The van der Waals surface area contributed by atoms with Crippen LogP contribution in [0.4, 0.5) is 10.5 Å².